The van der Waals surface area contributed by atoms with Crippen LogP contribution in [0.3, 0.4) is 0 Å². The highest BCUT2D eigenvalue weighted by atomic mass is 32.2. The summed E-state index contributed by atoms with van der Waals surface area (Å²) in [6.07, 6.45) is -0.963. The second-order valence-corrected chi connectivity index (χ2v) is 9.35. The van der Waals surface area contributed by atoms with E-state index in [1.54, 1.807) is 20.8 Å². The molecule has 0 spiro atoms. The van der Waals surface area contributed by atoms with Crippen molar-refractivity contribution in [3.63, 3.8) is 0 Å². The third-order valence-corrected chi connectivity index (χ3v) is 5.83. The quantitative estimate of drug-likeness (QED) is 0.361. The topological polar surface area (TPSA) is 145 Å². The first-order chi connectivity index (χ1) is 12.8. The molecule has 0 aromatic heterocycles. The summed E-state index contributed by atoms with van der Waals surface area (Å²) in [5.74, 6) is -3.09. The Morgan fingerprint density at radius 2 is 1.86 bits per heavy atom. The number of hydrogen-bond donors (Lipinski definition) is 1. The third-order valence-electron chi connectivity index (χ3n) is 3.86. The van der Waals surface area contributed by atoms with Gasteiger partial charge in [0.05, 0.1) is 12.9 Å². The number of hydrogen-bond acceptors (Lipinski definition) is 9. The lowest BCUT2D eigenvalue weighted by Gasteiger charge is -2.49. The van der Waals surface area contributed by atoms with Gasteiger partial charge < -0.3 is 19.5 Å². The summed E-state index contributed by atoms with van der Waals surface area (Å²) in [5.41, 5.74) is -1.24. The van der Waals surface area contributed by atoms with E-state index in [9.17, 15) is 27.6 Å². The SMILES string of the molecule is COC(=O)C1=C(COC(C)=O)CS(=O)(=O)[C@@H]2[C@H](NC(=O)OC(C)(C)C)C(=O)N12. The molecule has 0 unspecified atom stereocenters. The smallest absolute Gasteiger partial charge is 0.408 e. The molecule has 2 aliphatic rings. The number of carbonyl (C=O) groups is 4. The highest BCUT2D eigenvalue weighted by Crippen LogP contribution is 2.37. The molecule has 2 heterocycles. The molecule has 0 aromatic carbocycles. The molecule has 2 rings (SSSR count). The maximum Gasteiger partial charge on any atom is 0.408 e. The fourth-order valence-electron chi connectivity index (χ4n) is 2.84. The first-order valence-corrected chi connectivity index (χ1v) is 9.98. The van der Waals surface area contributed by atoms with Crippen LogP contribution in [-0.4, -0.2) is 73.7 Å². The molecule has 2 amide bonds. The molecule has 0 aromatic rings. The second kappa shape index (κ2) is 7.41. The Bertz CT molecular complexity index is 854. The average molecular weight is 418 g/mol. The molecule has 0 saturated carbocycles. The highest BCUT2D eigenvalue weighted by Gasteiger charge is 2.61. The third kappa shape index (κ3) is 4.26. The van der Waals surface area contributed by atoms with Gasteiger partial charge in [0.2, 0.25) is 0 Å². The maximum atomic E-state index is 12.7. The molecule has 1 N–H and O–H groups in total. The molecule has 11 nitrogen and oxygen atoms in total. The molecular weight excluding hydrogens is 396 g/mol. The van der Waals surface area contributed by atoms with Gasteiger partial charge in [-0.2, -0.15) is 0 Å². The molecule has 0 radical (unpaired) electrons. The van der Waals surface area contributed by atoms with Gasteiger partial charge in [-0.3, -0.25) is 14.5 Å². The number of amides is 2. The molecule has 0 bridgehead atoms. The lowest BCUT2D eigenvalue weighted by atomic mass is 10.0. The Balaban J connectivity index is 2.35. The Labute approximate surface area is 161 Å². The van der Waals surface area contributed by atoms with Crippen molar-refractivity contribution in [2.75, 3.05) is 19.5 Å². The molecule has 1 saturated heterocycles. The van der Waals surface area contributed by atoms with Crippen molar-refractivity contribution in [3.05, 3.63) is 11.3 Å². The number of alkyl carbamates (subject to hydrolysis) is 1. The molecule has 28 heavy (non-hydrogen) atoms. The summed E-state index contributed by atoms with van der Waals surface area (Å²) in [4.78, 5) is 48.4. The summed E-state index contributed by atoms with van der Waals surface area (Å²) < 4.78 is 39.8. The van der Waals surface area contributed by atoms with Crippen LogP contribution in [0.5, 0.6) is 0 Å². The summed E-state index contributed by atoms with van der Waals surface area (Å²) >= 11 is 0. The van der Waals surface area contributed by atoms with Crippen LogP contribution >= 0.6 is 0 Å². The molecule has 1 fully saturated rings. The van der Waals surface area contributed by atoms with Crippen LogP contribution in [-0.2, 0) is 38.4 Å². The number of ether oxygens (including phenoxy) is 3. The van der Waals surface area contributed by atoms with E-state index in [0.29, 0.717) is 0 Å². The first-order valence-electron chi connectivity index (χ1n) is 8.26. The number of sulfone groups is 1. The number of carbonyl (C=O) groups excluding carboxylic acids is 4. The zero-order chi connectivity index (χ0) is 21.4. The van der Waals surface area contributed by atoms with Gasteiger partial charge in [0, 0.05) is 12.5 Å². The molecular formula is C16H22N2O9S. The van der Waals surface area contributed by atoms with Crippen molar-refractivity contribution in [1.82, 2.24) is 10.2 Å². The van der Waals surface area contributed by atoms with Gasteiger partial charge in [-0.25, -0.2) is 18.0 Å². The van der Waals surface area contributed by atoms with Crippen LogP contribution in [0.15, 0.2) is 11.3 Å². The van der Waals surface area contributed by atoms with E-state index in [1.165, 1.54) is 0 Å². The van der Waals surface area contributed by atoms with E-state index >= 15 is 0 Å². The van der Waals surface area contributed by atoms with Gasteiger partial charge in [-0.1, -0.05) is 0 Å². The molecule has 2 aliphatic heterocycles. The van der Waals surface area contributed by atoms with Gasteiger partial charge in [-0.05, 0) is 20.8 Å². The van der Waals surface area contributed by atoms with Crippen LogP contribution in [0.25, 0.3) is 0 Å². The number of rotatable bonds is 4. The lowest BCUT2D eigenvalue weighted by Crippen LogP contribution is -2.75. The van der Waals surface area contributed by atoms with Crippen LogP contribution < -0.4 is 5.32 Å². The maximum absolute atomic E-state index is 12.7. The van der Waals surface area contributed by atoms with E-state index in [1.807, 2.05) is 0 Å². The Kier molecular flexibility index (Phi) is 5.74. The second-order valence-electron chi connectivity index (χ2n) is 7.25. The number of β-lactam (4-membered cyclic amide) rings is 1. The normalized spacial score (nSPS) is 23.3. The molecule has 2 atom stereocenters. The van der Waals surface area contributed by atoms with Crippen LogP contribution in [0.1, 0.15) is 27.7 Å². The van der Waals surface area contributed by atoms with Gasteiger partial charge >= 0.3 is 18.0 Å². The van der Waals surface area contributed by atoms with Crippen LogP contribution in [0.4, 0.5) is 4.79 Å². The average Bonchev–Trinajstić information content (AvgIpc) is 2.54. The summed E-state index contributed by atoms with van der Waals surface area (Å²) in [5, 5.41) is 0.745. The molecule has 0 aliphatic carbocycles. The number of nitrogens with one attached hydrogen (secondary N) is 1. The van der Waals surface area contributed by atoms with E-state index in [-0.39, 0.29) is 11.3 Å². The van der Waals surface area contributed by atoms with Gasteiger partial charge in [0.1, 0.15) is 23.9 Å². The highest BCUT2D eigenvalue weighted by molar-refractivity contribution is 7.92. The van der Waals surface area contributed by atoms with Crippen molar-refractivity contribution in [2.45, 2.75) is 44.7 Å². The number of methoxy groups -OCH3 is 1. The Morgan fingerprint density at radius 1 is 1.25 bits per heavy atom. The van der Waals surface area contributed by atoms with Gasteiger partial charge in [0.15, 0.2) is 15.2 Å². The standard InChI is InChI=1S/C16H22N2O9S/c1-8(19)26-6-9-7-28(23,24)13-10(17-15(22)27-16(2,3)4)12(20)18(13)11(9)14(21)25-5/h10,13H,6-7H2,1-5H3,(H,17,22)/t10-,13-/m1/s1. The van der Waals surface area contributed by atoms with Crippen molar-refractivity contribution in [2.24, 2.45) is 0 Å². The van der Waals surface area contributed by atoms with Crippen molar-refractivity contribution in [3.8, 4) is 0 Å². The molecule has 12 heteroatoms. The molecule has 156 valence electrons. The minimum atomic E-state index is -3.99. The fraction of sp³-hybridized carbons (Fsp3) is 0.625. The van der Waals surface area contributed by atoms with E-state index in [2.05, 4.69) is 10.1 Å². The van der Waals surface area contributed by atoms with Crippen LogP contribution in [0.2, 0.25) is 0 Å². The number of esters is 2. The predicted molar refractivity (Wildman–Crippen MR) is 93.3 cm³/mol. The summed E-state index contributed by atoms with van der Waals surface area (Å²) in [7, 11) is -2.92. The van der Waals surface area contributed by atoms with Gasteiger partial charge in [-0.15, -0.1) is 0 Å². The van der Waals surface area contributed by atoms with Crippen LogP contribution in [0, 0.1) is 0 Å². The Morgan fingerprint density at radius 3 is 2.36 bits per heavy atom. The van der Waals surface area contributed by atoms with Gasteiger partial charge in [0.25, 0.3) is 5.91 Å². The minimum Gasteiger partial charge on any atom is -0.464 e. The summed E-state index contributed by atoms with van der Waals surface area (Å²) in [6.45, 7) is 5.46. The zero-order valence-electron chi connectivity index (χ0n) is 16.1. The summed E-state index contributed by atoms with van der Waals surface area (Å²) in [6, 6.07) is -1.41. The largest absolute Gasteiger partial charge is 0.464 e. The van der Waals surface area contributed by atoms with Crippen molar-refractivity contribution in [1.29, 1.82) is 0 Å². The number of nitrogens with zero attached hydrogens (tertiary/aromatic N) is 1. The van der Waals surface area contributed by atoms with Crippen molar-refractivity contribution < 1.29 is 41.8 Å². The van der Waals surface area contributed by atoms with Crippen molar-refractivity contribution >= 4 is 33.8 Å². The number of fused-ring (bicyclic) bond motifs is 1. The monoisotopic (exact) mass is 418 g/mol. The Hall–Kier alpha value is -2.63. The predicted octanol–water partition coefficient (Wildman–Crippen LogP) is -0.533. The zero-order valence-corrected chi connectivity index (χ0v) is 16.9. The van der Waals surface area contributed by atoms with E-state index in [0.717, 1.165) is 18.9 Å². The lowest BCUT2D eigenvalue weighted by molar-refractivity contribution is -0.151. The first kappa shape index (κ1) is 21.7. The van der Waals surface area contributed by atoms with E-state index in [4.69, 9.17) is 9.47 Å². The fourth-order valence-corrected chi connectivity index (χ4v) is 4.85. The van der Waals surface area contributed by atoms with E-state index < -0.39 is 63.2 Å². The minimum absolute atomic E-state index is 0.0811.